The summed E-state index contributed by atoms with van der Waals surface area (Å²) in [5.74, 6) is 0.774. The highest BCUT2D eigenvalue weighted by molar-refractivity contribution is 6.30. The van der Waals surface area contributed by atoms with E-state index in [4.69, 9.17) is 0 Å². The Morgan fingerprint density at radius 2 is 1.86 bits per heavy atom. The van der Waals surface area contributed by atoms with Crippen molar-refractivity contribution in [3.63, 3.8) is 0 Å². The predicted octanol–water partition coefficient (Wildman–Crippen LogP) is 2.41. The third-order valence-electron chi connectivity index (χ3n) is 5.71. The van der Waals surface area contributed by atoms with Gasteiger partial charge in [-0.25, -0.2) is 4.98 Å². The van der Waals surface area contributed by atoms with Crippen LogP contribution in [0.2, 0.25) is 0 Å². The number of carbonyl (C=O) groups excluding carboxylic acids is 2. The van der Waals surface area contributed by atoms with Crippen molar-refractivity contribution in [3.8, 4) is 5.75 Å². The van der Waals surface area contributed by atoms with Crippen LogP contribution in [0.4, 0.5) is 5.82 Å². The van der Waals surface area contributed by atoms with E-state index in [1.807, 2.05) is 19.1 Å². The van der Waals surface area contributed by atoms with Crippen molar-refractivity contribution >= 4 is 29.0 Å². The number of rotatable bonds is 3. The second kappa shape index (κ2) is 7.20. The average molecular weight is 377 g/mol. The number of piperazine rings is 1. The van der Waals surface area contributed by atoms with Gasteiger partial charge in [-0.15, -0.1) is 0 Å². The van der Waals surface area contributed by atoms with Crippen LogP contribution in [0.15, 0.2) is 30.5 Å². The number of allylic oxidation sites excluding steroid dienone is 2. The second-order valence-electron chi connectivity index (χ2n) is 7.44. The molecule has 1 aliphatic heterocycles. The number of Topliss-reactive ketones (excluding diaryl/α,β-unsaturated/α-hetero) is 1. The molecule has 2 aliphatic rings. The number of phenolic OH excluding ortho intramolecular Hbond substituents is 1. The van der Waals surface area contributed by atoms with Crippen LogP contribution in [0.1, 0.15) is 34.0 Å². The predicted molar refractivity (Wildman–Crippen MR) is 109 cm³/mol. The van der Waals surface area contributed by atoms with Crippen molar-refractivity contribution in [2.24, 2.45) is 0 Å². The smallest absolute Gasteiger partial charge is 0.168 e. The first-order chi connectivity index (χ1) is 13.5. The van der Waals surface area contributed by atoms with E-state index in [0.29, 0.717) is 17.4 Å². The van der Waals surface area contributed by atoms with Gasteiger partial charge in [0.05, 0.1) is 5.56 Å². The largest absolute Gasteiger partial charge is 0.507 e. The number of nitrogens with zero attached hydrogens (tertiary/aromatic N) is 3. The summed E-state index contributed by atoms with van der Waals surface area (Å²) in [6.07, 6.45) is 2.48. The lowest BCUT2D eigenvalue weighted by atomic mass is 9.81. The summed E-state index contributed by atoms with van der Waals surface area (Å²) in [5, 5.41) is 9.92. The van der Waals surface area contributed by atoms with E-state index in [-0.39, 0.29) is 23.5 Å². The van der Waals surface area contributed by atoms with Gasteiger partial charge in [-0.2, -0.15) is 0 Å². The summed E-state index contributed by atoms with van der Waals surface area (Å²) < 4.78 is 0. The minimum Gasteiger partial charge on any atom is -0.507 e. The van der Waals surface area contributed by atoms with Gasteiger partial charge in [0.25, 0.3) is 0 Å². The number of hydrogen-bond acceptors (Lipinski definition) is 6. The zero-order valence-electron chi connectivity index (χ0n) is 16.1. The molecule has 0 amide bonds. The highest BCUT2D eigenvalue weighted by Gasteiger charge is 2.27. The van der Waals surface area contributed by atoms with Crippen LogP contribution in [0.25, 0.3) is 11.1 Å². The maximum atomic E-state index is 12.9. The lowest BCUT2D eigenvalue weighted by molar-refractivity contribution is -0.113. The first-order valence-corrected chi connectivity index (χ1v) is 9.44. The number of likely N-dealkylation sites (N-methyl/N-ethyl adjacent to an activating group) is 1. The average Bonchev–Trinajstić information content (AvgIpc) is 2.69. The monoisotopic (exact) mass is 377 g/mol. The molecule has 1 fully saturated rings. The molecule has 0 atom stereocenters. The van der Waals surface area contributed by atoms with E-state index < -0.39 is 0 Å². The van der Waals surface area contributed by atoms with Crippen molar-refractivity contribution in [2.75, 3.05) is 38.1 Å². The molecule has 6 nitrogen and oxygen atoms in total. The van der Waals surface area contributed by atoms with Gasteiger partial charge in [0.15, 0.2) is 12.1 Å². The van der Waals surface area contributed by atoms with Gasteiger partial charge in [-0.3, -0.25) is 9.59 Å². The van der Waals surface area contributed by atoms with Gasteiger partial charge in [0, 0.05) is 49.9 Å². The third kappa shape index (κ3) is 3.10. The summed E-state index contributed by atoms with van der Waals surface area (Å²) in [6.45, 7) is 5.78. The van der Waals surface area contributed by atoms with E-state index in [0.717, 1.165) is 48.7 Å². The van der Waals surface area contributed by atoms with Crippen LogP contribution in [-0.4, -0.2) is 60.3 Å². The third-order valence-corrected chi connectivity index (χ3v) is 5.71. The van der Waals surface area contributed by atoms with Crippen molar-refractivity contribution in [1.82, 2.24) is 9.88 Å². The number of fused-ring (bicyclic) bond motifs is 1. The standard InChI is InChI=1S/C22H23N3O3/c1-14-16-4-5-19(27)18(13-26)17(16)11-20(28)22(14)15-3-6-21(23-12-15)25-9-7-24(2)8-10-25/h3-6,12-13,27H,7-11H2,1-2H3. The fraction of sp³-hybridized carbons (Fsp3) is 0.318. The van der Waals surface area contributed by atoms with Crippen molar-refractivity contribution in [1.29, 1.82) is 0 Å². The number of benzene rings is 1. The van der Waals surface area contributed by atoms with E-state index >= 15 is 0 Å². The van der Waals surface area contributed by atoms with Gasteiger partial charge >= 0.3 is 0 Å². The molecule has 0 unspecified atom stereocenters. The topological polar surface area (TPSA) is 73.7 Å². The molecule has 1 aliphatic carbocycles. The summed E-state index contributed by atoms with van der Waals surface area (Å²) >= 11 is 0. The number of hydrogen-bond donors (Lipinski definition) is 1. The van der Waals surface area contributed by atoms with E-state index in [1.54, 1.807) is 12.3 Å². The Morgan fingerprint density at radius 3 is 2.50 bits per heavy atom. The van der Waals surface area contributed by atoms with Gasteiger partial charge in [-0.1, -0.05) is 6.07 Å². The number of pyridine rings is 1. The Labute approximate surface area is 164 Å². The van der Waals surface area contributed by atoms with Crippen LogP contribution in [0.5, 0.6) is 5.75 Å². The van der Waals surface area contributed by atoms with Gasteiger partial charge < -0.3 is 14.9 Å². The van der Waals surface area contributed by atoms with Crippen molar-refractivity contribution in [2.45, 2.75) is 13.3 Å². The number of aromatic hydroxyl groups is 1. The maximum Gasteiger partial charge on any atom is 0.168 e. The molecule has 1 N–H and O–H groups in total. The molecule has 0 spiro atoms. The van der Waals surface area contributed by atoms with Crippen LogP contribution >= 0.6 is 0 Å². The summed E-state index contributed by atoms with van der Waals surface area (Å²) in [5.41, 5.74) is 3.86. The molecular weight excluding hydrogens is 354 g/mol. The maximum absolute atomic E-state index is 12.9. The zero-order chi connectivity index (χ0) is 19.8. The van der Waals surface area contributed by atoms with Crippen LogP contribution < -0.4 is 4.90 Å². The number of aromatic nitrogens is 1. The molecular formula is C22H23N3O3. The molecule has 4 rings (SSSR count). The molecule has 144 valence electrons. The lowest BCUT2D eigenvalue weighted by Gasteiger charge is -2.33. The van der Waals surface area contributed by atoms with Crippen LogP contribution in [-0.2, 0) is 11.2 Å². The molecule has 1 aromatic carbocycles. The minimum atomic E-state index is -0.0870. The minimum absolute atomic E-state index is 0.0622. The van der Waals surface area contributed by atoms with Crippen molar-refractivity contribution < 1.29 is 14.7 Å². The fourth-order valence-corrected chi connectivity index (χ4v) is 4.05. The second-order valence-corrected chi connectivity index (χ2v) is 7.44. The number of carbonyl (C=O) groups is 2. The van der Waals surface area contributed by atoms with E-state index in [1.165, 1.54) is 6.07 Å². The molecule has 1 aromatic heterocycles. The first-order valence-electron chi connectivity index (χ1n) is 9.44. The Balaban J connectivity index is 1.69. The van der Waals surface area contributed by atoms with Gasteiger partial charge in [-0.05, 0) is 48.9 Å². The van der Waals surface area contributed by atoms with Crippen molar-refractivity contribution in [3.05, 3.63) is 52.7 Å². The highest BCUT2D eigenvalue weighted by Crippen LogP contribution is 2.38. The molecule has 0 bridgehead atoms. The number of aldehydes is 1. The number of anilines is 1. The van der Waals surface area contributed by atoms with E-state index in [9.17, 15) is 14.7 Å². The summed E-state index contributed by atoms with van der Waals surface area (Å²) in [7, 11) is 2.12. The molecule has 2 heterocycles. The lowest BCUT2D eigenvalue weighted by Crippen LogP contribution is -2.44. The zero-order valence-corrected chi connectivity index (χ0v) is 16.1. The molecule has 28 heavy (non-hydrogen) atoms. The summed E-state index contributed by atoms with van der Waals surface area (Å²) in [6, 6.07) is 7.19. The Kier molecular flexibility index (Phi) is 4.73. The van der Waals surface area contributed by atoms with Gasteiger partial charge in [0.1, 0.15) is 11.6 Å². The summed E-state index contributed by atoms with van der Waals surface area (Å²) in [4.78, 5) is 33.4. The Morgan fingerprint density at radius 1 is 1.11 bits per heavy atom. The molecule has 2 aromatic rings. The Bertz CT molecular complexity index is 971. The van der Waals surface area contributed by atoms with Crippen LogP contribution in [0.3, 0.4) is 0 Å². The van der Waals surface area contributed by atoms with Crippen LogP contribution in [0, 0.1) is 0 Å². The van der Waals surface area contributed by atoms with E-state index in [2.05, 4.69) is 21.8 Å². The molecule has 0 radical (unpaired) electrons. The number of phenols is 1. The first kappa shape index (κ1) is 18.4. The molecule has 1 saturated heterocycles. The molecule has 0 saturated carbocycles. The fourth-order valence-electron chi connectivity index (χ4n) is 4.05. The highest BCUT2D eigenvalue weighted by atomic mass is 16.3. The van der Waals surface area contributed by atoms with Gasteiger partial charge in [0.2, 0.25) is 0 Å². The normalized spacial score (nSPS) is 17.6. The molecule has 6 heteroatoms. The SMILES string of the molecule is CC1=C(c2ccc(N3CCN(C)CC3)nc2)C(=O)Cc2c1ccc(O)c2C=O. The number of ketones is 1. The Hall–Kier alpha value is -2.99. The quantitative estimate of drug-likeness (QED) is 0.828.